The molecule has 0 aliphatic heterocycles. The van der Waals surface area contributed by atoms with Gasteiger partial charge in [0.05, 0.1) is 0 Å². The van der Waals surface area contributed by atoms with Crippen LogP contribution in [0, 0.1) is 11.8 Å². The zero-order valence-electron chi connectivity index (χ0n) is 9.04. The van der Waals surface area contributed by atoms with E-state index in [4.69, 9.17) is 0 Å². The Bertz CT molecular complexity index is 191. The van der Waals surface area contributed by atoms with Crippen LogP contribution in [-0.4, -0.2) is 5.75 Å². The molecule has 1 heteroatoms. The normalized spacial score (nSPS) is 26.9. The maximum atomic E-state index is 4.40. The molecular formula is C13H22S. The van der Waals surface area contributed by atoms with Crippen molar-refractivity contribution in [1.82, 2.24) is 0 Å². The van der Waals surface area contributed by atoms with Crippen LogP contribution in [0.4, 0.5) is 0 Å². The zero-order valence-corrected chi connectivity index (χ0v) is 9.94. The minimum Gasteiger partial charge on any atom is -0.179 e. The third-order valence-corrected chi connectivity index (χ3v) is 3.77. The van der Waals surface area contributed by atoms with Crippen molar-refractivity contribution in [3.05, 3.63) is 18.4 Å². The van der Waals surface area contributed by atoms with Gasteiger partial charge in [-0.15, -0.1) is 5.73 Å². The van der Waals surface area contributed by atoms with E-state index in [9.17, 15) is 0 Å². The van der Waals surface area contributed by atoms with Crippen molar-refractivity contribution in [2.24, 2.45) is 11.8 Å². The van der Waals surface area contributed by atoms with E-state index in [-0.39, 0.29) is 0 Å². The topological polar surface area (TPSA) is 0 Å². The second-order valence-corrected chi connectivity index (χ2v) is 4.79. The molecule has 0 N–H and O–H groups in total. The molecule has 80 valence electrons. The molecule has 2 atom stereocenters. The Morgan fingerprint density at radius 1 is 1.36 bits per heavy atom. The maximum Gasteiger partial charge on any atom is -0.00694 e. The molecule has 1 rings (SSSR count). The van der Waals surface area contributed by atoms with Gasteiger partial charge < -0.3 is 0 Å². The molecule has 1 saturated carbocycles. The first-order chi connectivity index (χ1) is 6.86. The molecule has 1 aliphatic carbocycles. The summed E-state index contributed by atoms with van der Waals surface area (Å²) in [6, 6.07) is 0. The summed E-state index contributed by atoms with van der Waals surface area (Å²) >= 11 is 4.40. The predicted molar refractivity (Wildman–Crippen MR) is 66.9 cm³/mol. The van der Waals surface area contributed by atoms with Gasteiger partial charge in [0.15, 0.2) is 0 Å². The van der Waals surface area contributed by atoms with Gasteiger partial charge in [0, 0.05) is 0 Å². The summed E-state index contributed by atoms with van der Waals surface area (Å²) in [5, 5.41) is 0. The maximum absolute atomic E-state index is 4.40. The second kappa shape index (κ2) is 7.20. The van der Waals surface area contributed by atoms with E-state index in [0.717, 1.165) is 24.0 Å². The van der Waals surface area contributed by atoms with E-state index in [1.54, 1.807) is 0 Å². The highest BCUT2D eigenvalue weighted by molar-refractivity contribution is 7.80. The molecule has 2 unspecified atom stereocenters. The number of hydrogen-bond donors (Lipinski definition) is 1. The lowest BCUT2D eigenvalue weighted by Gasteiger charge is -2.27. The van der Waals surface area contributed by atoms with Crippen molar-refractivity contribution in [2.75, 3.05) is 5.75 Å². The van der Waals surface area contributed by atoms with Crippen LogP contribution < -0.4 is 0 Å². The number of rotatable bonds is 5. The van der Waals surface area contributed by atoms with Crippen molar-refractivity contribution in [3.8, 4) is 0 Å². The third-order valence-electron chi connectivity index (χ3n) is 3.25. The van der Waals surface area contributed by atoms with Crippen LogP contribution in [0.2, 0.25) is 0 Å². The highest BCUT2D eigenvalue weighted by atomic mass is 32.1. The number of allylic oxidation sites excluding steroid dienone is 1. The van der Waals surface area contributed by atoms with Crippen molar-refractivity contribution in [3.63, 3.8) is 0 Å². The standard InChI is InChI=1S/C13H22S/c1-2-3-4-5-7-12-8-6-9-13(10-12)11-14/h3,12-14H,1,4-11H2. The zero-order chi connectivity index (χ0) is 10.2. The Morgan fingerprint density at radius 3 is 2.86 bits per heavy atom. The lowest BCUT2D eigenvalue weighted by Crippen LogP contribution is -2.16. The molecular weight excluding hydrogens is 188 g/mol. The summed E-state index contributed by atoms with van der Waals surface area (Å²) in [6.07, 6.45) is 11.6. The smallest absolute Gasteiger partial charge is 0.00694 e. The Hall–Kier alpha value is -0.130. The van der Waals surface area contributed by atoms with Gasteiger partial charge in [-0.3, -0.25) is 0 Å². The van der Waals surface area contributed by atoms with Crippen LogP contribution in [-0.2, 0) is 0 Å². The number of unbranched alkanes of at least 4 members (excludes halogenated alkanes) is 1. The highest BCUT2D eigenvalue weighted by Crippen LogP contribution is 2.32. The monoisotopic (exact) mass is 210 g/mol. The molecule has 0 amide bonds. The molecule has 0 saturated heterocycles. The van der Waals surface area contributed by atoms with Gasteiger partial charge in [-0.05, 0) is 49.3 Å². The van der Waals surface area contributed by atoms with Crippen molar-refractivity contribution >= 4 is 12.6 Å². The van der Waals surface area contributed by atoms with Crippen LogP contribution in [0.3, 0.4) is 0 Å². The summed E-state index contributed by atoms with van der Waals surface area (Å²) in [6.45, 7) is 3.58. The van der Waals surface area contributed by atoms with Gasteiger partial charge in [-0.1, -0.05) is 25.8 Å². The van der Waals surface area contributed by atoms with E-state index < -0.39 is 0 Å². The Morgan fingerprint density at radius 2 is 2.14 bits per heavy atom. The van der Waals surface area contributed by atoms with Crippen LogP contribution in [0.15, 0.2) is 18.4 Å². The first-order valence-electron chi connectivity index (χ1n) is 5.82. The fourth-order valence-corrected chi connectivity index (χ4v) is 2.77. The Kier molecular flexibility index (Phi) is 6.14. The molecule has 0 aromatic heterocycles. The van der Waals surface area contributed by atoms with E-state index in [1.165, 1.54) is 38.5 Å². The number of thiol groups is 1. The van der Waals surface area contributed by atoms with Gasteiger partial charge in [-0.25, -0.2) is 0 Å². The molecule has 1 aliphatic rings. The molecule has 0 aromatic carbocycles. The average molecular weight is 210 g/mol. The molecule has 1 fully saturated rings. The van der Waals surface area contributed by atoms with Gasteiger partial charge in [-0.2, -0.15) is 12.6 Å². The summed E-state index contributed by atoms with van der Waals surface area (Å²) in [4.78, 5) is 0. The van der Waals surface area contributed by atoms with Crippen LogP contribution >= 0.6 is 12.6 Å². The first kappa shape index (κ1) is 11.9. The lowest BCUT2D eigenvalue weighted by molar-refractivity contribution is 0.270. The van der Waals surface area contributed by atoms with Crippen molar-refractivity contribution in [2.45, 2.75) is 44.9 Å². The van der Waals surface area contributed by atoms with Gasteiger partial charge >= 0.3 is 0 Å². The molecule has 14 heavy (non-hydrogen) atoms. The molecule has 0 aromatic rings. The van der Waals surface area contributed by atoms with Crippen LogP contribution in [0.25, 0.3) is 0 Å². The molecule has 0 radical (unpaired) electrons. The van der Waals surface area contributed by atoms with Gasteiger partial charge in [0.2, 0.25) is 0 Å². The summed E-state index contributed by atoms with van der Waals surface area (Å²) in [7, 11) is 0. The number of hydrogen-bond acceptors (Lipinski definition) is 1. The predicted octanol–water partition coefficient (Wildman–Crippen LogP) is 4.23. The first-order valence-corrected chi connectivity index (χ1v) is 6.45. The minimum absolute atomic E-state index is 0.895. The summed E-state index contributed by atoms with van der Waals surface area (Å²) < 4.78 is 0. The molecule has 0 heterocycles. The largest absolute Gasteiger partial charge is 0.179 e. The molecule has 0 nitrogen and oxygen atoms in total. The van der Waals surface area contributed by atoms with E-state index in [2.05, 4.69) is 31.0 Å². The van der Waals surface area contributed by atoms with Gasteiger partial charge in [0.1, 0.15) is 0 Å². The lowest BCUT2D eigenvalue weighted by atomic mass is 9.80. The Balaban J connectivity index is 2.14. The van der Waals surface area contributed by atoms with Crippen molar-refractivity contribution < 1.29 is 0 Å². The fourth-order valence-electron chi connectivity index (χ4n) is 2.44. The van der Waals surface area contributed by atoms with Crippen molar-refractivity contribution in [1.29, 1.82) is 0 Å². The quantitative estimate of drug-likeness (QED) is 0.392. The van der Waals surface area contributed by atoms with E-state index in [1.807, 2.05) is 0 Å². The fraction of sp³-hybridized carbons (Fsp3) is 0.769. The van der Waals surface area contributed by atoms with Crippen LogP contribution in [0.5, 0.6) is 0 Å². The molecule has 0 spiro atoms. The SMILES string of the molecule is C=C=CCCCC1CCCC(CS)C1. The minimum atomic E-state index is 0.895. The highest BCUT2D eigenvalue weighted by Gasteiger charge is 2.20. The third kappa shape index (κ3) is 4.39. The van der Waals surface area contributed by atoms with Gasteiger partial charge in [0.25, 0.3) is 0 Å². The van der Waals surface area contributed by atoms with E-state index >= 15 is 0 Å². The second-order valence-electron chi connectivity index (χ2n) is 4.42. The average Bonchev–Trinajstić information content (AvgIpc) is 2.25. The summed E-state index contributed by atoms with van der Waals surface area (Å²) in [5.41, 5.74) is 2.84. The van der Waals surface area contributed by atoms with E-state index in [0.29, 0.717) is 0 Å². The Labute approximate surface area is 93.9 Å². The molecule has 0 bridgehead atoms. The van der Waals surface area contributed by atoms with Crippen LogP contribution in [0.1, 0.15) is 44.9 Å². The summed E-state index contributed by atoms with van der Waals surface area (Å²) in [5.74, 6) is 2.95.